The summed E-state index contributed by atoms with van der Waals surface area (Å²) in [5, 5.41) is 10.2. The number of benzene rings is 2. The van der Waals surface area contributed by atoms with Crippen LogP contribution in [0.2, 0.25) is 0 Å². The fourth-order valence-electron chi connectivity index (χ4n) is 2.59. The van der Waals surface area contributed by atoms with E-state index in [0.717, 1.165) is 22.0 Å². The predicted molar refractivity (Wildman–Crippen MR) is 80.1 cm³/mol. The smallest absolute Gasteiger partial charge is 0.352 e. The maximum absolute atomic E-state index is 11.3. The van der Waals surface area contributed by atoms with Crippen LogP contribution < -0.4 is 0 Å². The molecule has 0 bridgehead atoms. The molecule has 0 amide bonds. The van der Waals surface area contributed by atoms with Gasteiger partial charge >= 0.3 is 5.97 Å². The number of aromatic carboxylic acids is 1. The third kappa shape index (κ3) is 1.88. The highest BCUT2D eigenvalue weighted by Gasteiger charge is 2.14. The van der Waals surface area contributed by atoms with Crippen molar-refractivity contribution >= 4 is 16.9 Å². The molecule has 0 aliphatic heterocycles. The number of carboxylic acids is 1. The summed E-state index contributed by atoms with van der Waals surface area (Å²) in [5.41, 5.74) is 4.61. The fourth-order valence-corrected chi connectivity index (χ4v) is 2.59. The van der Waals surface area contributed by atoms with Gasteiger partial charge in [-0.2, -0.15) is 0 Å². The summed E-state index contributed by atoms with van der Waals surface area (Å²) in [6, 6.07) is 15.9. The first-order valence-corrected chi connectivity index (χ1v) is 6.46. The summed E-state index contributed by atoms with van der Waals surface area (Å²) in [4.78, 5) is 11.3. The molecule has 0 saturated heterocycles. The van der Waals surface area contributed by atoms with Gasteiger partial charge in [0.1, 0.15) is 5.69 Å². The van der Waals surface area contributed by atoms with Crippen LogP contribution in [0, 0.1) is 6.92 Å². The Bertz CT molecular complexity index is 798. The van der Waals surface area contributed by atoms with E-state index >= 15 is 0 Å². The second-order valence-electron chi connectivity index (χ2n) is 5.00. The van der Waals surface area contributed by atoms with Gasteiger partial charge in [0.2, 0.25) is 0 Å². The van der Waals surface area contributed by atoms with Gasteiger partial charge < -0.3 is 9.67 Å². The first kappa shape index (κ1) is 12.5. The summed E-state index contributed by atoms with van der Waals surface area (Å²) >= 11 is 0. The molecular weight excluding hydrogens is 250 g/mol. The molecule has 3 heteroatoms. The van der Waals surface area contributed by atoms with Crippen molar-refractivity contribution in [2.24, 2.45) is 7.05 Å². The number of hydrogen-bond acceptors (Lipinski definition) is 1. The molecule has 0 aliphatic carbocycles. The average Bonchev–Trinajstić information content (AvgIpc) is 2.77. The van der Waals surface area contributed by atoms with Gasteiger partial charge in [0.15, 0.2) is 0 Å². The Hall–Kier alpha value is -2.55. The molecule has 3 nitrogen and oxygen atoms in total. The first-order chi connectivity index (χ1) is 9.58. The van der Waals surface area contributed by atoms with Crippen LogP contribution in [0.5, 0.6) is 0 Å². The van der Waals surface area contributed by atoms with Crippen molar-refractivity contribution in [2.45, 2.75) is 6.92 Å². The molecule has 3 rings (SSSR count). The standard InChI is InChI=1S/C17H15NO2/c1-11-6-8-12(9-7-11)14-5-3-4-13-10-15(17(19)20)18(2)16(13)14/h3-10H,1-2H3,(H,19,20). The Balaban J connectivity index is 2.31. The van der Waals surface area contributed by atoms with Crippen LogP contribution in [0.1, 0.15) is 16.1 Å². The quantitative estimate of drug-likeness (QED) is 0.764. The molecule has 0 aliphatic rings. The van der Waals surface area contributed by atoms with Crippen molar-refractivity contribution in [1.29, 1.82) is 0 Å². The van der Waals surface area contributed by atoms with E-state index in [1.54, 1.807) is 17.7 Å². The second kappa shape index (κ2) is 4.53. The van der Waals surface area contributed by atoms with Crippen molar-refractivity contribution < 1.29 is 9.90 Å². The monoisotopic (exact) mass is 265 g/mol. The number of aromatic nitrogens is 1. The molecule has 1 N–H and O–H groups in total. The summed E-state index contributed by atoms with van der Waals surface area (Å²) in [6.07, 6.45) is 0. The van der Waals surface area contributed by atoms with E-state index in [4.69, 9.17) is 0 Å². The number of fused-ring (bicyclic) bond motifs is 1. The van der Waals surface area contributed by atoms with Gasteiger partial charge in [0, 0.05) is 18.0 Å². The molecule has 1 heterocycles. The lowest BCUT2D eigenvalue weighted by Gasteiger charge is -2.07. The highest BCUT2D eigenvalue weighted by atomic mass is 16.4. The van der Waals surface area contributed by atoms with Crippen LogP contribution in [0.25, 0.3) is 22.0 Å². The van der Waals surface area contributed by atoms with Gasteiger partial charge in [0.25, 0.3) is 0 Å². The minimum Gasteiger partial charge on any atom is -0.477 e. The van der Waals surface area contributed by atoms with Gasteiger partial charge in [0.05, 0.1) is 5.52 Å². The Morgan fingerprint density at radius 1 is 1.10 bits per heavy atom. The number of aryl methyl sites for hydroxylation is 2. The third-order valence-electron chi connectivity index (χ3n) is 3.64. The highest BCUT2D eigenvalue weighted by molar-refractivity contribution is 6.00. The molecular formula is C17H15NO2. The summed E-state index contributed by atoms with van der Waals surface area (Å²) < 4.78 is 1.74. The van der Waals surface area contributed by atoms with Crippen LogP contribution in [-0.2, 0) is 7.05 Å². The van der Waals surface area contributed by atoms with E-state index < -0.39 is 5.97 Å². The van der Waals surface area contributed by atoms with Crippen LogP contribution in [0.3, 0.4) is 0 Å². The van der Waals surface area contributed by atoms with Crippen molar-refractivity contribution in [3.05, 3.63) is 59.8 Å². The molecule has 20 heavy (non-hydrogen) atoms. The summed E-state index contributed by atoms with van der Waals surface area (Å²) in [6.45, 7) is 2.05. The number of para-hydroxylation sites is 1. The molecule has 2 aromatic carbocycles. The Labute approximate surface area is 117 Å². The first-order valence-electron chi connectivity index (χ1n) is 6.46. The Morgan fingerprint density at radius 2 is 1.80 bits per heavy atom. The zero-order chi connectivity index (χ0) is 14.3. The van der Waals surface area contributed by atoms with Crippen LogP contribution in [-0.4, -0.2) is 15.6 Å². The topological polar surface area (TPSA) is 42.2 Å². The van der Waals surface area contributed by atoms with Gasteiger partial charge in [-0.15, -0.1) is 0 Å². The summed E-state index contributed by atoms with van der Waals surface area (Å²) in [7, 11) is 1.80. The molecule has 0 fully saturated rings. The molecule has 0 atom stereocenters. The Morgan fingerprint density at radius 3 is 2.45 bits per heavy atom. The molecule has 1 aromatic heterocycles. The van der Waals surface area contributed by atoms with E-state index in [9.17, 15) is 9.90 Å². The SMILES string of the molecule is Cc1ccc(-c2cccc3cc(C(=O)O)n(C)c23)cc1. The minimum absolute atomic E-state index is 0.305. The number of hydrogen-bond donors (Lipinski definition) is 1. The second-order valence-corrected chi connectivity index (χ2v) is 5.00. The van der Waals surface area contributed by atoms with Crippen LogP contribution in [0.15, 0.2) is 48.5 Å². The van der Waals surface area contributed by atoms with Gasteiger partial charge in [-0.1, -0.05) is 48.0 Å². The maximum atomic E-state index is 11.3. The fraction of sp³-hybridized carbons (Fsp3) is 0.118. The molecule has 100 valence electrons. The van der Waals surface area contributed by atoms with Crippen LogP contribution in [0.4, 0.5) is 0 Å². The average molecular weight is 265 g/mol. The normalized spacial score (nSPS) is 10.9. The maximum Gasteiger partial charge on any atom is 0.352 e. The molecule has 0 radical (unpaired) electrons. The molecule has 0 unspecified atom stereocenters. The van der Waals surface area contributed by atoms with Crippen molar-refractivity contribution in [3.63, 3.8) is 0 Å². The molecule has 0 spiro atoms. The number of carboxylic acid groups (broad SMARTS) is 1. The van der Waals surface area contributed by atoms with Crippen molar-refractivity contribution in [2.75, 3.05) is 0 Å². The number of nitrogens with zero attached hydrogens (tertiary/aromatic N) is 1. The van der Waals surface area contributed by atoms with E-state index in [0.29, 0.717) is 5.69 Å². The zero-order valence-corrected chi connectivity index (χ0v) is 11.4. The molecule has 0 saturated carbocycles. The van der Waals surface area contributed by atoms with E-state index in [2.05, 4.69) is 31.2 Å². The van der Waals surface area contributed by atoms with E-state index in [1.165, 1.54) is 5.56 Å². The van der Waals surface area contributed by atoms with Crippen molar-refractivity contribution in [3.8, 4) is 11.1 Å². The predicted octanol–water partition coefficient (Wildman–Crippen LogP) is 3.85. The largest absolute Gasteiger partial charge is 0.477 e. The Kier molecular flexibility index (Phi) is 2.83. The van der Waals surface area contributed by atoms with E-state index in [-0.39, 0.29) is 0 Å². The third-order valence-corrected chi connectivity index (χ3v) is 3.64. The van der Waals surface area contributed by atoms with Crippen LogP contribution >= 0.6 is 0 Å². The van der Waals surface area contributed by atoms with Gasteiger partial charge in [-0.25, -0.2) is 4.79 Å². The zero-order valence-electron chi connectivity index (χ0n) is 11.4. The van der Waals surface area contributed by atoms with E-state index in [1.807, 2.05) is 18.2 Å². The minimum atomic E-state index is -0.904. The lowest BCUT2D eigenvalue weighted by Crippen LogP contribution is -2.04. The highest BCUT2D eigenvalue weighted by Crippen LogP contribution is 2.30. The molecule has 3 aromatic rings. The summed E-state index contributed by atoms with van der Waals surface area (Å²) in [5.74, 6) is -0.904. The van der Waals surface area contributed by atoms with Gasteiger partial charge in [-0.3, -0.25) is 0 Å². The lowest BCUT2D eigenvalue weighted by molar-refractivity contribution is 0.0687. The van der Waals surface area contributed by atoms with Gasteiger partial charge in [-0.05, 0) is 18.6 Å². The number of carbonyl (C=O) groups is 1. The van der Waals surface area contributed by atoms with Crippen molar-refractivity contribution in [1.82, 2.24) is 4.57 Å². The lowest BCUT2D eigenvalue weighted by atomic mass is 10.0. The number of rotatable bonds is 2.